The molecule has 2 N–H and O–H groups in total. The summed E-state index contributed by atoms with van der Waals surface area (Å²) < 4.78 is 10.4. The number of benzene rings is 1. The smallest absolute Gasteiger partial charge is 0.239 e. The van der Waals surface area contributed by atoms with Crippen molar-refractivity contribution in [1.29, 1.82) is 0 Å². The van der Waals surface area contributed by atoms with E-state index in [0.29, 0.717) is 19.4 Å². The Morgan fingerprint density at radius 3 is 2.52 bits per heavy atom. The highest BCUT2D eigenvalue weighted by Crippen LogP contribution is 2.12. The summed E-state index contributed by atoms with van der Waals surface area (Å²) in [6.07, 6.45) is 0.988. The van der Waals surface area contributed by atoms with Gasteiger partial charge in [0.25, 0.3) is 0 Å². The minimum Gasteiger partial charge on any atom is -0.497 e. The molecule has 0 radical (unpaired) electrons. The van der Waals surface area contributed by atoms with Crippen LogP contribution in [0.3, 0.4) is 0 Å². The van der Waals surface area contributed by atoms with Crippen LogP contribution >= 0.6 is 0 Å². The summed E-state index contributed by atoms with van der Waals surface area (Å²) in [5, 5.41) is 5.48. The molecule has 7 nitrogen and oxygen atoms in total. The summed E-state index contributed by atoms with van der Waals surface area (Å²) >= 11 is 0. The first-order valence-corrected chi connectivity index (χ1v) is 8.64. The highest BCUT2D eigenvalue weighted by molar-refractivity contribution is 5.84. The van der Waals surface area contributed by atoms with Crippen LogP contribution in [-0.4, -0.2) is 69.8 Å². The molecule has 25 heavy (non-hydrogen) atoms. The molecule has 7 heteroatoms. The van der Waals surface area contributed by atoms with E-state index >= 15 is 0 Å². The van der Waals surface area contributed by atoms with E-state index in [-0.39, 0.29) is 18.4 Å². The van der Waals surface area contributed by atoms with Crippen LogP contribution in [0.1, 0.15) is 12.0 Å². The number of hydrogen-bond donors (Lipinski definition) is 2. The van der Waals surface area contributed by atoms with Crippen LogP contribution in [0.15, 0.2) is 24.3 Å². The Morgan fingerprint density at radius 1 is 1.12 bits per heavy atom. The molecule has 1 aliphatic heterocycles. The normalized spacial score (nSPS) is 14.8. The molecule has 0 spiro atoms. The average Bonchev–Trinajstić information content (AvgIpc) is 2.66. The van der Waals surface area contributed by atoms with Gasteiger partial charge < -0.3 is 20.1 Å². The lowest BCUT2D eigenvalue weighted by Crippen LogP contribution is -2.43. The van der Waals surface area contributed by atoms with Gasteiger partial charge in [-0.25, -0.2) is 0 Å². The SMILES string of the molecule is COc1ccc(CCC(=O)NCC(=O)NCCN2CCOCC2)cc1. The summed E-state index contributed by atoms with van der Waals surface area (Å²) in [7, 11) is 1.62. The van der Waals surface area contributed by atoms with E-state index in [1.165, 1.54) is 0 Å². The molecule has 0 atom stereocenters. The minimum atomic E-state index is -0.161. The predicted octanol–water partition coefficient (Wildman–Crippen LogP) is 0.192. The number of carbonyl (C=O) groups excluding carboxylic acids is 2. The summed E-state index contributed by atoms with van der Waals surface area (Å²) in [4.78, 5) is 25.8. The number of aryl methyl sites for hydroxylation is 1. The van der Waals surface area contributed by atoms with E-state index < -0.39 is 0 Å². The molecule has 0 aromatic heterocycles. The second-order valence-corrected chi connectivity index (χ2v) is 5.93. The van der Waals surface area contributed by atoms with Crippen molar-refractivity contribution >= 4 is 11.8 Å². The maximum Gasteiger partial charge on any atom is 0.239 e. The van der Waals surface area contributed by atoms with E-state index in [0.717, 1.165) is 44.2 Å². The summed E-state index contributed by atoms with van der Waals surface area (Å²) in [5.74, 6) is 0.507. The Balaban J connectivity index is 1.54. The van der Waals surface area contributed by atoms with Crippen molar-refractivity contribution in [2.45, 2.75) is 12.8 Å². The predicted molar refractivity (Wildman–Crippen MR) is 94.6 cm³/mol. The third kappa shape index (κ3) is 7.53. The molecule has 1 aliphatic rings. The second-order valence-electron chi connectivity index (χ2n) is 5.93. The molecule has 2 amide bonds. The maximum absolute atomic E-state index is 11.8. The Hall–Kier alpha value is -2.12. The van der Waals surface area contributed by atoms with Gasteiger partial charge in [0.15, 0.2) is 0 Å². The van der Waals surface area contributed by atoms with Gasteiger partial charge in [-0.3, -0.25) is 14.5 Å². The number of morpholine rings is 1. The number of carbonyl (C=O) groups is 2. The first-order chi connectivity index (χ1) is 12.2. The second kappa shape index (κ2) is 10.7. The van der Waals surface area contributed by atoms with Crippen LogP contribution in [0.2, 0.25) is 0 Å². The zero-order valence-corrected chi connectivity index (χ0v) is 14.8. The van der Waals surface area contributed by atoms with Crippen LogP contribution in [0, 0.1) is 0 Å². The van der Waals surface area contributed by atoms with Gasteiger partial charge >= 0.3 is 0 Å². The number of nitrogens with zero attached hydrogens (tertiary/aromatic N) is 1. The molecule has 2 rings (SSSR count). The van der Waals surface area contributed by atoms with Crippen molar-refractivity contribution < 1.29 is 19.1 Å². The number of amides is 2. The first-order valence-electron chi connectivity index (χ1n) is 8.64. The van der Waals surface area contributed by atoms with E-state index in [1.807, 2.05) is 24.3 Å². The lowest BCUT2D eigenvalue weighted by Gasteiger charge is -2.26. The summed E-state index contributed by atoms with van der Waals surface area (Å²) in [6.45, 7) is 4.71. The standard InChI is InChI=1S/C18H27N3O4/c1-24-16-5-2-15(3-6-16)4-7-17(22)20-14-18(23)19-8-9-21-10-12-25-13-11-21/h2-3,5-6H,4,7-14H2,1H3,(H,19,23)(H,20,22). The van der Waals surface area contributed by atoms with E-state index in [4.69, 9.17) is 9.47 Å². The van der Waals surface area contributed by atoms with Crippen molar-refractivity contribution in [2.75, 3.05) is 53.0 Å². The first kappa shape index (κ1) is 19.2. The molecule has 0 bridgehead atoms. The van der Waals surface area contributed by atoms with Crippen LogP contribution < -0.4 is 15.4 Å². The molecule has 1 saturated heterocycles. The van der Waals surface area contributed by atoms with Crippen LogP contribution in [-0.2, 0) is 20.7 Å². The Bertz CT molecular complexity index is 542. The van der Waals surface area contributed by atoms with Gasteiger partial charge in [0.05, 0.1) is 26.9 Å². The Kier molecular flexibility index (Phi) is 8.21. The minimum absolute atomic E-state index is 0.0184. The number of nitrogens with one attached hydrogen (secondary N) is 2. The summed E-state index contributed by atoms with van der Waals surface area (Å²) in [6, 6.07) is 7.61. The maximum atomic E-state index is 11.8. The third-order valence-electron chi connectivity index (χ3n) is 4.10. The van der Waals surface area contributed by atoms with Crippen molar-refractivity contribution in [2.24, 2.45) is 0 Å². The molecule has 0 aliphatic carbocycles. The molecular formula is C18H27N3O4. The number of methoxy groups -OCH3 is 1. The fraction of sp³-hybridized carbons (Fsp3) is 0.556. The Labute approximate surface area is 148 Å². The topological polar surface area (TPSA) is 79.9 Å². The van der Waals surface area contributed by atoms with Crippen LogP contribution in [0.25, 0.3) is 0 Å². The van der Waals surface area contributed by atoms with Crippen molar-refractivity contribution in [3.8, 4) is 5.75 Å². The van der Waals surface area contributed by atoms with Gasteiger partial charge in [-0.1, -0.05) is 12.1 Å². The fourth-order valence-corrected chi connectivity index (χ4v) is 2.56. The Morgan fingerprint density at radius 2 is 1.84 bits per heavy atom. The number of hydrogen-bond acceptors (Lipinski definition) is 5. The molecular weight excluding hydrogens is 322 g/mol. The molecule has 1 fully saturated rings. The highest BCUT2D eigenvalue weighted by atomic mass is 16.5. The highest BCUT2D eigenvalue weighted by Gasteiger charge is 2.10. The molecule has 1 aromatic rings. The van der Waals surface area contributed by atoms with E-state index in [9.17, 15) is 9.59 Å². The zero-order chi connectivity index (χ0) is 17.9. The lowest BCUT2D eigenvalue weighted by atomic mass is 10.1. The largest absolute Gasteiger partial charge is 0.497 e. The van der Waals surface area contributed by atoms with Gasteiger partial charge in [0.2, 0.25) is 11.8 Å². The van der Waals surface area contributed by atoms with E-state index in [1.54, 1.807) is 7.11 Å². The fourth-order valence-electron chi connectivity index (χ4n) is 2.56. The number of ether oxygens (including phenoxy) is 2. The quantitative estimate of drug-likeness (QED) is 0.665. The van der Waals surface area contributed by atoms with E-state index in [2.05, 4.69) is 15.5 Å². The van der Waals surface area contributed by atoms with Crippen LogP contribution in [0.4, 0.5) is 0 Å². The van der Waals surface area contributed by atoms with Gasteiger partial charge in [-0.2, -0.15) is 0 Å². The zero-order valence-electron chi connectivity index (χ0n) is 14.8. The van der Waals surface area contributed by atoms with Crippen molar-refractivity contribution in [3.63, 3.8) is 0 Å². The van der Waals surface area contributed by atoms with Gasteiger partial charge in [-0.15, -0.1) is 0 Å². The number of rotatable bonds is 9. The van der Waals surface area contributed by atoms with Crippen molar-refractivity contribution in [1.82, 2.24) is 15.5 Å². The lowest BCUT2D eigenvalue weighted by molar-refractivity contribution is -0.126. The average molecular weight is 349 g/mol. The molecule has 0 unspecified atom stereocenters. The molecule has 1 heterocycles. The van der Waals surface area contributed by atoms with Gasteiger partial charge in [0.1, 0.15) is 5.75 Å². The molecule has 138 valence electrons. The molecule has 0 saturated carbocycles. The van der Waals surface area contributed by atoms with Crippen molar-refractivity contribution in [3.05, 3.63) is 29.8 Å². The third-order valence-corrected chi connectivity index (χ3v) is 4.10. The summed E-state index contributed by atoms with van der Waals surface area (Å²) in [5.41, 5.74) is 1.06. The molecule has 1 aromatic carbocycles. The monoisotopic (exact) mass is 349 g/mol. The van der Waals surface area contributed by atoms with Crippen LogP contribution in [0.5, 0.6) is 5.75 Å². The van der Waals surface area contributed by atoms with Gasteiger partial charge in [-0.05, 0) is 24.1 Å². The van der Waals surface area contributed by atoms with Gasteiger partial charge in [0, 0.05) is 32.6 Å².